The van der Waals surface area contributed by atoms with Gasteiger partial charge in [-0.05, 0) is 33.3 Å². The highest BCUT2D eigenvalue weighted by molar-refractivity contribution is 6.31. The number of aromatic nitrogens is 4. The Bertz CT molecular complexity index is 631. The van der Waals surface area contributed by atoms with Crippen molar-refractivity contribution in [1.82, 2.24) is 24.9 Å². The van der Waals surface area contributed by atoms with E-state index in [1.807, 2.05) is 25.5 Å². The van der Waals surface area contributed by atoms with Gasteiger partial charge in [0.2, 0.25) is 0 Å². The van der Waals surface area contributed by atoms with Crippen molar-refractivity contribution in [3.63, 3.8) is 0 Å². The van der Waals surface area contributed by atoms with Gasteiger partial charge in [0, 0.05) is 25.8 Å². The van der Waals surface area contributed by atoms with E-state index in [0.717, 1.165) is 30.9 Å². The molecule has 0 saturated carbocycles. The Kier molecular flexibility index (Phi) is 5.01. The summed E-state index contributed by atoms with van der Waals surface area (Å²) in [4.78, 5) is 11.9. The molecule has 0 atom stereocenters. The molecular weight excluding hydrogens is 290 g/mol. The average molecular weight is 310 g/mol. The standard InChI is InChI=1S/C14H20ClN5O/c1-4-19-9-6-12(18-19)14(21)16-7-5-8-20-11(3)13(15)10(2)17-20/h6,9H,4-5,7-8H2,1-3H3,(H,16,21). The number of aryl methyl sites for hydroxylation is 3. The van der Waals surface area contributed by atoms with Gasteiger partial charge in [-0.3, -0.25) is 14.2 Å². The number of carbonyl (C=O) groups is 1. The van der Waals surface area contributed by atoms with Crippen LogP contribution in [0.1, 0.15) is 35.2 Å². The van der Waals surface area contributed by atoms with Crippen LogP contribution in [0, 0.1) is 13.8 Å². The Morgan fingerprint density at radius 3 is 2.71 bits per heavy atom. The van der Waals surface area contributed by atoms with Crippen molar-refractivity contribution >= 4 is 17.5 Å². The molecule has 6 nitrogen and oxygen atoms in total. The normalized spacial score (nSPS) is 10.9. The second-order valence-electron chi connectivity index (χ2n) is 4.87. The molecule has 2 heterocycles. The lowest BCUT2D eigenvalue weighted by molar-refractivity contribution is 0.0947. The second-order valence-corrected chi connectivity index (χ2v) is 5.25. The smallest absolute Gasteiger partial charge is 0.271 e. The number of nitrogens with one attached hydrogen (secondary N) is 1. The van der Waals surface area contributed by atoms with Crippen molar-refractivity contribution in [1.29, 1.82) is 0 Å². The fraction of sp³-hybridized carbons (Fsp3) is 0.500. The zero-order valence-corrected chi connectivity index (χ0v) is 13.3. The maximum atomic E-state index is 11.9. The lowest BCUT2D eigenvalue weighted by Crippen LogP contribution is -2.26. The van der Waals surface area contributed by atoms with E-state index in [0.29, 0.717) is 17.3 Å². The Labute approximate surface area is 129 Å². The van der Waals surface area contributed by atoms with Crippen molar-refractivity contribution in [3.05, 3.63) is 34.4 Å². The number of rotatable bonds is 6. The third kappa shape index (κ3) is 3.64. The Morgan fingerprint density at radius 2 is 2.14 bits per heavy atom. The highest BCUT2D eigenvalue weighted by atomic mass is 35.5. The van der Waals surface area contributed by atoms with Gasteiger partial charge in [-0.2, -0.15) is 10.2 Å². The zero-order chi connectivity index (χ0) is 15.4. The maximum Gasteiger partial charge on any atom is 0.271 e. The molecule has 1 amide bonds. The monoisotopic (exact) mass is 309 g/mol. The Hall–Kier alpha value is -1.82. The molecule has 0 radical (unpaired) electrons. The topological polar surface area (TPSA) is 64.7 Å². The number of hydrogen-bond acceptors (Lipinski definition) is 3. The first-order chi connectivity index (χ1) is 10.0. The molecule has 0 bridgehead atoms. The van der Waals surface area contributed by atoms with Gasteiger partial charge in [0.05, 0.1) is 16.4 Å². The maximum absolute atomic E-state index is 11.9. The molecule has 1 N–H and O–H groups in total. The Balaban J connectivity index is 1.79. The van der Waals surface area contributed by atoms with Crippen LogP contribution in [0.2, 0.25) is 5.02 Å². The molecule has 2 aromatic rings. The van der Waals surface area contributed by atoms with E-state index in [2.05, 4.69) is 15.5 Å². The number of nitrogens with zero attached hydrogens (tertiary/aromatic N) is 4. The summed E-state index contributed by atoms with van der Waals surface area (Å²) in [5, 5.41) is 12.1. The molecule has 2 aromatic heterocycles. The Morgan fingerprint density at radius 1 is 1.38 bits per heavy atom. The van der Waals surface area contributed by atoms with Gasteiger partial charge in [-0.25, -0.2) is 0 Å². The molecule has 0 aromatic carbocycles. The van der Waals surface area contributed by atoms with Gasteiger partial charge in [0.15, 0.2) is 0 Å². The van der Waals surface area contributed by atoms with Crippen LogP contribution < -0.4 is 5.32 Å². The minimum atomic E-state index is -0.145. The highest BCUT2D eigenvalue weighted by Crippen LogP contribution is 2.18. The van der Waals surface area contributed by atoms with E-state index in [-0.39, 0.29) is 5.91 Å². The summed E-state index contributed by atoms with van der Waals surface area (Å²) in [5.74, 6) is -0.145. The van der Waals surface area contributed by atoms with Crippen LogP contribution in [0.3, 0.4) is 0 Å². The van der Waals surface area contributed by atoms with Crippen LogP contribution in [0.25, 0.3) is 0 Å². The van der Waals surface area contributed by atoms with Crippen LogP contribution in [-0.2, 0) is 13.1 Å². The lowest BCUT2D eigenvalue weighted by Gasteiger charge is -2.05. The highest BCUT2D eigenvalue weighted by Gasteiger charge is 2.10. The summed E-state index contributed by atoms with van der Waals surface area (Å²) in [5.41, 5.74) is 2.25. The van der Waals surface area contributed by atoms with Crippen molar-refractivity contribution < 1.29 is 4.79 Å². The van der Waals surface area contributed by atoms with Gasteiger partial charge < -0.3 is 5.32 Å². The number of amides is 1. The van der Waals surface area contributed by atoms with Crippen molar-refractivity contribution in [2.24, 2.45) is 0 Å². The fourth-order valence-corrected chi connectivity index (χ4v) is 2.21. The molecule has 0 aliphatic heterocycles. The number of carbonyl (C=O) groups excluding carboxylic acids is 1. The average Bonchev–Trinajstić information content (AvgIpc) is 3.05. The number of hydrogen-bond donors (Lipinski definition) is 1. The molecular formula is C14H20ClN5O. The van der Waals surface area contributed by atoms with Crippen LogP contribution in [0.5, 0.6) is 0 Å². The summed E-state index contributed by atoms with van der Waals surface area (Å²) >= 11 is 6.09. The van der Waals surface area contributed by atoms with E-state index in [1.54, 1.807) is 16.9 Å². The van der Waals surface area contributed by atoms with Crippen LogP contribution in [0.4, 0.5) is 0 Å². The van der Waals surface area contributed by atoms with Gasteiger partial charge in [-0.15, -0.1) is 0 Å². The third-order valence-electron chi connectivity index (χ3n) is 3.32. The zero-order valence-electron chi connectivity index (χ0n) is 12.6. The minimum Gasteiger partial charge on any atom is -0.351 e. The van der Waals surface area contributed by atoms with Crippen LogP contribution in [-0.4, -0.2) is 32.0 Å². The lowest BCUT2D eigenvalue weighted by atomic mass is 10.3. The molecule has 0 fully saturated rings. The summed E-state index contributed by atoms with van der Waals surface area (Å²) in [6.45, 7) is 7.87. The van der Waals surface area contributed by atoms with E-state index in [9.17, 15) is 4.79 Å². The van der Waals surface area contributed by atoms with Crippen LogP contribution in [0.15, 0.2) is 12.3 Å². The quantitative estimate of drug-likeness (QED) is 0.832. The van der Waals surface area contributed by atoms with E-state index < -0.39 is 0 Å². The summed E-state index contributed by atoms with van der Waals surface area (Å²) in [6.07, 6.45) is 2.59. The van der Waals surface area contributed by atoms with Crippen LogP contribution >= 0.6 is 11.6 Å². The summed E-state index contributed by atoms with van der Waals surface area (Å²) in [6, 6.07) is 1.72. The SMILES string of the molecule is CCn1ccc(C(=O)NCCCn2nc(C)c(Cl)c2C)n1. The predicted octanol–water partition coefficient (Wildman–Crippen LogP) is 2.19. The van der Waals surface area contributed by atoms with Crippen molar-refractivity contribution in [2.75, 3.05) is 6.54 Å². The molecule has 7 heteroatoms. The van der Waals surface area contributed by atoms with Gasteiger partial charge in [0.1, 0.15) is 5.69 Å². The first kappa shape index (κ1) is 15.6. The van der Waals surface area contributed by atoms with Crippen molar-refractivity contribution in [2.45, 2.75) is 40.3 Å². The molecule has 0 aliphatic rings. The summed E-state index contributed by atoms with van der Waals surface area (Å²) < 4.78 is 3.60. The predicted molar refractivity (Wildman–Crippen MR) is 81.6 cm³/mol. The largest absolute Gasteiger partial charge is 0.351 e. The molecule has 0 unspecified atom stereocenters. The van der Waals surface area contributed by atoms with E-state index in [1.165, 1.54) is 0 Å². The van der Waals surface area contributed by atoms with E-state index in [4.69, 9.17) is 11.6 Å². The molecule has 0 saturated heterocycles. The first-order valence-corrected chi connectivity index (χ1v) is 7.42. The minimum absolute atomic E-state index is 0.145. The second kappa shape index (κ2) is 6.76. The van der Waals surface area contributed by atoms with Gasteiger partial charge in [0.25, 0.3) is 5.91 Å². The molecule has 0 spiro atoms. The summed E-state index contributed by atoms with van der Waals surface area (Å²) in [7, 11) is 0. The fourth-order valence-electron chi connectivity index (χ4n) is 2.07. The molecule has 21 heavy (non-hydrogen) atoms. The van der Waals surface area contributed by atoms with Gasteiger partial charge in [-0.1, -0.05) is 11.6 Å². The molecule has 114 valence electrons. The first-order valence-electron chi connectivity index (χ1n) is 7.04. The molecule has 2 rings (SSSR count). The van der Waals surface area contributed by atoms with E-state index >= 15 is 0 Å². The van der Waals surface area contributed by atoms with Crippen molar-refractivity contribution in [3.8, 4) is 0 Å². The van der Waals surface area contributed by atoms with Gasteiger partial charge >= 0.3 is 0 Å². The molecule has 0 aliphatic carbocycles. The third-order valence-corrected chi connectivity index (χ3v) is 3.87. The number of halogens is 1.